The number of amides is 1. The smallest absolute Gasteiger partial charge is 0.253 e. The minimum atomic E-state index is -0.383. The highest BCUT2D eigenvalue weighted by molar-refractivity contribution is 5.94. The van der Waals surface area contributed by atoms with Gasteiger partial charge in [0.25, 0.3) is 5.91 Å². The summed E-state index contributed by atoms with van der Waals surface area (Å²) in [6.07, 6.45) is 5.56. The summed E-state index contributed by atoms with van der Waals surface area (Å²) in [5.41, 5.74) is 1.45. The van der Waals surface area contributed by atoms with Crippen LogP contribution in [-0.4, -0.2) is 53.0 Å². The molecule has 5 rings (SSSR count). The molecule has 3 aromatic rings. The number of hydrogen-bond donors (Lipinski definition) is 0. The van der Waals surface area contributed by atoms with Gasteiger partial charge in [-0.05, 0) is 74.0 Å². The molecule has 0 N–H and O–H groups in total. The highest BCUT2D eigenvalue weighted by atomic mass is 19.1. The number of hydrogen-bond acceptors (Lipinski definition) is 5. The number of likely N-dealkylation sites (tertiary alicyclic amines) is 1. The van der Waals surface area contributed by atoms with Crippen molar-refractivity contribution in [3.05, 3.63) is 83.8 Å². The lowest BCUT2D eigenvalue weighted by Crippen LogP contribution is -2.47. The van der Waals surface area contributed by atoms with Crippen LogP contribution in [0.25, 0.3) is 0 Å². The van der Waals surface area contributed by atoms with Crippen LogP contribution >= 0.6 is 0 Å². The first-order valence-corrected chi connectivity index (χ1v) is 13.5. The van der Waals surface area contributed by atoms with Crippen molar-refractivity contribution >= 4 is 5.91 Å². The van der Waals surface area contributed by atoms with E-state index < -0.39 is 0 Å². The molecule has 0 unspecified atom stereocenters. The molecule has 7 heteroatoms. The van der Waals surface area contributed by atoms with Gasteiger partial charge in [-0.3, -0.25) is 9.69 Å². The second-order valence-electron chi connectivity index (χ2n) is 11.1. The van der Waals surface area contributed by atoms with Gasteiger partial charge >= 0.3 is 0 Å². The maximum atomic E-state index is 13.7. The van der Waals surface area contributed by atoms with Crippen molar-refractivity contribution in [3.8, 4) is 17.4 Å². The van der Waals surface area contributed by atoms with Crippen LogP contribution in [0.3, 0.4) is 0 Å². The molecule has 0 bridgehead atoms. The van der Waals surface area contributed by atoms with E-state index in [0.29, 0.717) is 42.9 Å². The summed E-state index contributed by atoms with van der Waals surface area (Å²) in [7, 11) is 0. The van der Waals surface area contributed by atoms with Gasteiger partial charge in [-0.25, -0.2) is 9.37 Å². The largest absolute Gasteiger partial charge is 0.489 e. The van der Waals surface area contributed by atoms with Crippen molar-refractivity contribution in [2.45, 2.75) is 52.1 Å². The zero-order valence-electron chi connectivity index (χ0n) is 22.2. The molecule has 3 heterocycles. The third-order valence-corrected chi connectivity index (χ3v) is 7.54. The standard InChI is InChI=1S/C31H36FN3O3/c1-31(2)15-7-17-35(26-13-18-34(19-14-26)30(36)23-8-5-10-25(32)20-23)21-24-9-6-16-33-29(24)38-28-12-4-3-11-27(28)37-22-31/h3-6,8-12,16,20,26H,7,13-15,17-19,21-22H2,1-2H3. The molecule has 2 aromatic carbocycles. The summed E-state index contributed by atoms with van der Waals surface area (Å²) in [6, 6.07) is 18.1. The van der Waals surface area contributed by atoms with Gasteiger partial charge in [-0.2, -0.15) is 0 Å². The maximum absolute atomic E-state index is 13.7. The second kappa shape index (κ2) is 11.5. The first-order chi connectivity index (χ1) is 18.4. The maximum Gasteiger partial charge on any atom is 0.253 e. The molecule has 1 amide bonds. The Bertz CT molecular complexity index is 1260. The number of pyridine rings is 1. The summed E-state index contributed by atoms with van der Waals surface area (Å²) < 4.78 is 26.2. The normalized spacial score (nSPS) is 19.0. The van der Waals surface area contributed by atoms with Crippen LogP contribution in [0.2, 0.25) is 0 Å². The Morgan fingerprint density at radius 1 is 1.00 bits per heavy atom. The SMILES string of the molecule is CC1(C)CCCN(C2CCN(C(=O)c3cccc(F)c3)CC2)Cc2cccnc2Oc2ccccc2OC1. The summed E-state index contributed by atoms with van der Waals surface area (Å²) in [6.45, 7) is 8.05. The predicted molar refractivity (Wildman–Crippen MR) is 145 cm³/mol. The van der Waals surface area contributed by atoms with Crippen molar-refractivity contribution in [2.24, 2.45) is 5.41 Å². The molecule has 6 nitrogen and oxygen atoms in total. The van der Waals surface area contributed by atoms with Crippen molar-refractivity contribution < 1.29 is 18.7 Å². The number of nitrogens with zero attached hydrogens (tertiary/aromatic N) is 3. The van der Waals surface area contributed by atoms with Crippen molar-refractivity contribution in [1.82, 2.24) is 14.8 Å². The Hall–Kier alpha value is -3.45. The number of aromatic nitrogens is 1. The number of rotatable bonds is 2. The molecule has 0 spiro atoms. The number of ether oxygens (including phenoxy) is 2. The number of carbonyl (C=O) groups is 1. The van der Waals surface area contributed by atoms with E-state index in [4.69, 9.17) is 9.47 Å². The Morgan fingerprint density at radius 3 is 2.58 bits per heavy atom. The summed E-state index contributed by atoms with van der Waals surface area (Å²) in [5, 5.41) is 0. The Kier molecular flexibility index (Phi) is 7.93. The van der Waals surface area contributed by atoms with Crippen LogP contribution in [0.4, 0.5) is 4.39 Å². The molecule has 2 aliphatic heterocycles. The van der Waals surface area contributed by atoms with E-state index in [0.717, 1.165) is 50.1 Å². The van der Waals surface area contributed by atoms with Crippen LogP contribution in [0.1, 0.15) is 55.5 Å². The van der Waals surface area contributed by atoms with Crippen molar-refractivity contribution in [3.63, 3.8) is 0 Å². The quantitative estimate of drug-likeness (QED) is 0.398. The van der Waals surface area contributed by atoms with Crippen LogP contribution in [0.5, 0.6) is 17.4 Å². The third-order valence-electron chi connectivity index (χ3n) is 7.54. The number of para-hydroxylation sites is 2. The van der Waals surface area contributed by atoms with Crippen LogP contribution in [-0.2, 0) is 6.54 Å². The highest BCUT2D eigenvalue weighted by Crippen LogP contribution is 2.35. The number of carbonyl (C=O) groups excluding carboxylic acids is 1. The molecule has 1 saturated heterocycles. The topological polar surface area (TPSA) is 54.9 Å². The lowest BCUT2D eigenvalue weighted by Gasteiger charge is -2.39. The Morgan fingerprint density at radius 2 is 1.79 bits per heavy atom. The fraction of sp³-hybridized carbons (Fsp3) is 0.419. The molecule has 0 radical (unpaired) electrons. The minimum Gasteiger partial charge on any atom is -0.489 e. The van der Waals surface area contributed by atoms with Crippen molar-refractivity contribution in [2.75, 3.05) is 26.2 Å². The molecular formula is C31H36FN3O3. The summed E-state index contributed by atoms with van der Waals surface area (Å²) in [5.74, 6) is 1.50. The van der Waals surface area contributed by atoms with E-state index in [1.165, 1.54) is 12.1 Å². The molecule has 38 heavy (non-hydrogen) atoms. The van der Waals surface area contributed by atoms with E-state index >= 15 is 0 Å². The van der Waals surface area contributed by atoms with Crippen LogP contribution in [0, 0.1) is 11.2 Å². The monoisotopic (exact) mass is 517 g/mol. The summed E-state index contributed by atoms with van der Waals surface area (Å²) >= 11 is 0. The number of piperidine rings is 1. The molecule has 0 saturated carbocycles. The van der Waals surface area contributed by atoms with Gasteiger partial charge in [0.05, 0.1) is 6.61 Å². The lowest BCUT2D eigenvalue weighted by atomic mass is 9.88. The number of benzene rings is 2. The van der Waals surface area contributed by atoms with E-state index in [1.54, 1.807) is 18.3 Å². The average Bonchev–Trinajstić information content (AvgIpc) is 2.93. The molecule has 2 aliphatic rings. The molecule has 1 fully saturated rings. The van der Waals surface area contributed by atoms with Crippen molar-refractivity contribution in [1.29, 1.82) is 0 Å². The van der Waals surface area contributed by atoms with E-state index in [2.05, 4.69) is 29.8 Å². The lowest BCUT2D eigenvalue weighted by molar-refractivity contribution is 0.0594. The minimum absolute atomic E-state index is 0.0126. The average molecular weight is 518 g/mol. The fourth-order valence-corrected chi connectivity index (χ4v) is 5.35. The third kappa shape index (κ3) is 6.33. The van der Waals surface area contributed by atoms with Gasteiger partial charge in [0.15, 0.2) is 11.5 Å². The van der Waals surface area contributed by atoms with E-state index in [1.807, 2.05) is 35.2 Å². The first-order valence-electron chi connectivity index (χ1n) is 13.5. The molecule has 0 atom stereocenters. The first kappa shape index (κ1) is 26.2. The van der Waals surface area contributed by atoms with E-state index in [9.17, 15) is 9.18 Å². The van der Waals surface area contributed by atoms with Gasteiger partial charge in [0.2, 0.25) is 5.88 Å². The van der Waals surface area contributed by atoms with Gasteiger partial charge in [0, 0.05) is 43.0 Å². The molecule has 1 aromatic heterocycles. The number of halogens is 1. The number of fused-ring (bicyclic) bond motifs is 2. The summed E-state index contributed by atoms with van der Waals surface area (Å²) in [4.78, 5) is 21.9. The van der Waals surface area contributed by atoms with Crippen LogP contribution in [0.15, 0.2) is 66.9 Å². The zero-order chi connectivity index (χ0) is 26.5. The Balaban J connectivity index is 1.34. The highest BCUT2D eigenvalue weighted by Gasteiger charge is 2.29. The van der Waals surface area contributed by atoms with Gasteiger partial charge in [-0.15, -0.1) is 0 Å². The predicted octanol–water partition coefficient (Wildman–Crippen LogP) is 6.32. The zero-order valence-corrected chi connectivity index (χ0v) is 22.2. The molecular weight excluding hydrogens is 481 g/mol. The Labute approximate surface area is 224 Å². The van der Waals surface area contributed by atoms with Gasteiger partial charge in [0.1, 0.15) is 5.82 Å². The molecule has 0 aliphatic carbocycles. The fourth-order valence-electron chi connectivity index (χ4n) is 5.35. The van der Waals surface area contributed by atoms with E-state index in [-0.39, 0.29) is 17.1 Å². The van der Waals surface area contributed by atoms with Crippen LogP contribution < -0.4 is 9.47 Å². The van der Waals surface area contributed by atoms with Gasteiger partial charge in [-0.1, -0.05) is 38.1 Å². The second-order valence-corrected chi connectivity index (χ2v) is 11.1. The molecule has 200 valence electrons. The van der Waals surface area contributed by atoms with Gasteiger partial charge < -0.3 is 14.4 Å².